The number of ether oxygens (including phenoxy) is 3. The molecule has 0 saturated heterocycles. The van der Waals surface area contributed by atoms with Gasteiger partial charge in [0.1, 0.15) is 17.7 Å². The first-order valence-electron chi connectivity index (χ1n) is 10.1. The molecule has 0 aromatic carbocycles. The van der Waals surface area contributed by atoms with Crippen LogP contribution in [0.15, 0.2) is 0 Å². The number of carboxylic acid groups (broad SMARTS) is 1. The van der Waals surface area contributed by atoms with Crippen LogP contribution in [-0.4, -0.2) is 79.1 Å². The van der Waals surface area contributed by atoms with Gasteiger partial charge in [-0.15, -0.1) is 0 Å². The van der Waals surface area contributed by atoms with E-state index in [1.54, 1.807) is 13.8 Å². The summed E-state index contributed by atoms with van der Waals surface area (Å²) < 4.78 is 62.4. The monoisotopic (exact) mass is 505 g/mol. The minimum atomic E-state index is -3.28. The number of alkyl halides is 4. The zero-order valence-corrected chi connectivity index (χ0v) is 19.4. The van der Waals surface area contributed by atoms with Crippen LogP contribution in [0.25, 0.3) is 0 Å². The van der Waals surface area contributed by atoms with Gasteiger partial charge in [-0.1, -0.05) is 13.8 Å². The van der Waals surface area contributed by atoms with Crippen LogP contribution in [0.3, 0.4) is 0 Å². The van der Waals surface area contributed by atoms with Gasteiger partial charge in [0.25, 0.3) is 0 Å². The Labute approximate surface area is 193 Å². The van der Waals surface area contributed by atoms with Crippen LogP contribution in [0.2, 0.25) is 0 Å². The molecule has 0 aliphatic carbocycles. The number of hydrogen-bond acceptors (Lipinski definition) is 7. The number of nitrogens with one attached hydrogen (secondary N) is 3. The van der Waals surface area contributed by atoms with Crippen molar-refractivity contribution >= 4 is 23.9 Å². The molecule has 4 N–H and O–H groups in total. The summed E-state index contributed by atoms with van der Waals surface area (Å²) in [5.74, 6) is -4.06. The highest BCUT2D eigenvalue weighted by Crippen LogP contribution is 2.09. The Kier molecular flexibility index (Phi) is 13.4. The zero-order chi connectivity index (χ0) is 26.6. The molecule has 0 fully saturated rings. The van der Waals surface area contributed by atoms with E-state index in [1.165, 1.54) is 20.8 Å². The molecule has 0 aliphatic heterocycles. The molecule has 0 spiro atoms. The van der Waals surface area contributed by atoms with Crippen molar-refractivity contribution in [3.05, 3.63) is 0 Å². The molecule has 0 radical (unpaired) electrons. The average molecular weight is 505 g/mol. The topological polar surface area (TPSA) is 152 Å². The minimum Gasteiger partial charge on any atom is -0.480 e. The summed E-state index contributed by atoms with van der Waals surface area (Å²) in [6.45, 7) is -0.666. The third-order valence-electron chi connectivity index (χ3n) is 3.74. The number of hydrogen-bond donors (Lipinski definition) is 4. The molecule has 3 amide bonds. The van der Waals surface area contributed by atoms with Crippen LogP contribution in [0, 0.1) is 5.92 Å². The number of amides is 3. The van der Waals surface area contributed by atoms with Crippen LogP contribution in [0.5, 0.6) is 0 Å². The highest BCUT2D eigenvalue weighted by atomic mass is 19.3. The van der Waals surface area contributed by atoms with E-state index in [9.17, 15) is 36.7 Å². The molecule has 3 atom stereocenters. The van der Waals surface area contributed by atoms with Crippen LogP contribution in [-0.2, 0) is 28.6 Å². The molecule has 34 heavy (non-hydrogen) atoms. The summed E-state index contributed by atoms with van der Waals surface area (Å²) >= 11 is 0. The van der Waals surface area contributed by atoms with Crippen molar-refractivity contribution in [1.82, 2.24) is 16.0 Å². The summed E-state index contributed by atoms with van der Waals surface area (Å²) in [4.78, 5) is 48.5. The fourth-order valence-corrected chi connectivity index (χ4v) is 2.39. The van der Waals surface area contributed by atoms with Crippen molar-refractivity contribution in [1.29, 1.82) is 0 Å². The van der Waals surface area contributed by atoms with E-state index >= 15 is 0 Å². The van der Waals surface area contributed by atoms with Crippen LogP contribution in [0.1, 0.15) is 41.0 Å². The quantitative estimate of drug-likeness (QED) is 0.259. The molecule has 0 aromatic rings. The summed E-state index contributed by atoms with van der Waals surface area (Å²) in [6.07, 6.45) is -1.17. The Morgan fingerprint density at radius 3 is 1.65 bits per heavy atom. The van der Waals surface area contributed by atoms with Crippen LogP contribution < -0.4 is 16.0 Å². The normalized spacial score (nSPS) is 14.5. The Bertz CT molecular complexity index is 689. The van der Waals surface area contributed by atoms with Gasteiger partial charge in [-0.05, 0) is 33.1 Å². The number of carboxylic acids is 1. The van der Waals surface area contributed by atoms with Gasteiger partial charge >= 0.3 is 25.3 Å². The van der Waals surface area contributed by atoms with Gasteiger partial charge < -0.3 is 35.3 Å². The minimum absolute atomic E-state index is 0.0471. The first kappa shape index (κ1) is 31.3. The lowest BCUT2D eigenvalue weighted by Gasteiger charge is -2.26. The molecular formula is C19H31F4N3O8. The van der Waals surface area contributed by atoms with Crippen molar-refractivity contribution < 1.29 is 56.1 Å². The second-order valence-corrected chi connectivity index (χ2v) is 8.48. The maximum atomic E-state index is 12.7. The van der Waals surface area contributed by atoms with Crippen molar-refractivity contribution in [3.63, 3.8) is 0 Å². The molecule has 0 saturated carbocycles. The van der Waals surface area contributed by atoms with E-state index < -0.39 is 74.0 Å². The molecule has 0 unspecified atom stereocenters. The third-order valence-corrected chi connectivity index (χ3v) is 3.74. The second-order valence-electron chi connectivity index (χ2n) is 8.48. The number of rotatable bonds is 14. The molecule has 0 rings (SSSR count). The maximum absolute atomic E-state index is 12.7. The van der Waals surface area contributed by atoms with Gasteiger partial charge in [0.05, 0.1) is 13.2 Å². The molecule has 11 nitrogen and oxygen atoms in total. The number of carbonyl (C=O) groups excluding carboxylic acids is 3. The Morgan fingerprint density at radius 1 is 0.794 bits per heavy atom. The molecular weight excluding hydrogens is 474 g/mol. The summed E-state index contributed by atoms with van der Waals surface area (Å²) in [5, 5.41) is 15.4. The Morgan fingerprint density at radius 2 is 1.24 bits per heavy atom. The van der Waals surface area contributed by atoms with Crippen LogP contribution >= 0.6 is 0 Å². The average Bonchev–Trinajstić information content (AvgIpc) is 2.65. The van der Waals surface area contributed by atoms with Crippen molar-refractivity contribution in [2.24, 2.45) is 5.92 Å². The predicted octanol–water partition coefficient (Wildman–Crippen LogP) is 1.46. The number of aliphatic carboxylic acids is 1. The fraction of sp³-hybridized carbons (Fsp3) is 0.789. The molecule has 15 heteroatoms. The third kappa shape index (κ3) is 14.5. The molecule has 0 aliphatic rings. The van der Waals surface area contributed by atoms with E-state index in [2.05, 4.69) is 20.1 Å². The van der Waals surface area contributed by atoms with E-state index in [0.29, 0.717) is 0 Å². The summed E-state index contributed by atoms with van der Waals surface area (Å²) in [7, 11) is 0. The molecule has 198 valence electrons. The summed E-state index contributed by atoms with van der Waals surface area (Å²) in [5.41, 5.74) is -0.971. The highest BCUT2D eigenvalue weighted by Gasteiger charge is 2.32. The zero-order valence-electron chi connectivity index (χ0n) is 19.4. The van der Waals surface area contributed by atoms with Crippen molar-refractivity contribution in [2.45, 2.75) is 78.0 Å². The molecule has 0 heterocycles. The summed E-state index contributed by atoms with van der Waals surface area (Å²) in [6, 6.07) is -4.97. The van der Waals surface area contributed by atoms with Crippen molar-refractivity contribution in [2.75, 3.05) is 13.2 Å². The largest absolute Gasteiger partial charge is 0.480 e. The van der Waals surface area contributed by atoms with Crippen molar-refractivity contribution in [3.8, 4) is 0 Å². The number of carbonyl (C=O) groups is 4. The van der Waals surface area contributed by atoms with E-state index in [4.69, 9.17) is 9.84 Å². The first-order chi connectivity index (χ1) is 15.5. The standard InChI is InChI=1S/C19H31F4N3O8/c1-9(2)6-10(13(27)25-12(15(29)30)8-33-17(22)23)24-14(28)11(7-32-16(20)21)26-18(31)34-19(3,4)5/h9-12,16-17H,6-8H2,1-5H3,(H,24,28)(H,25,27)(H,26,31)(H,29,30)/t10-,11-,12-/m0/s1. The predicted molar refractivity (Wildman–Crippen MR) is 108 cm³/mol. The number of halogens is 4. The van der Waals surface area contributed by atoms with Crippen LogP contribution in [0.4, 0.5) is 22.4 Å². The van der Waals surface area contributed by atoms with Gasteiger partial charge in [0.15, 0.2) is 6.04 Å². The van der Waals surface area contributed by atoms with E-state index in [0.717, 1.165) is 0 Å². The highest BCUT2D eigenvalue weighted by molar-refractivity contribution is 5.93. The van der Waals surface area contributed by atoms with Gasteiger partial charge in [-0.25, -0.2) is 9.59 Å². The van der Waals surface area contributed by atoms with Gasteiger partial charge in [0, 0.05) is 0 Å². The second kappa shape index (κ2) is 14.6. The van der Waals surface area contributed by atoms with Gasteiger partial charge in [-0.3, -0.25) is 9.59 Å². The van der Waals surface area contributed by atoms with E-state index in [1.807, 2.05) is 5.32 Å². The van der Waals surface area contributed by atoms with Gasteiger partial charge in [-0.2, -0.15) is 17.6 Å². The smallest absolute Gasteiger partial charge is 0.408 e. The first-order valence-corrected chi connectivity index (χ1v) is 10.1. The Balaban J connectivity index is 5.50. The van der Waals surface area contributed by atoms with E-state index in [-0.39, 0.29) is 12.3 Å². The SMILES string of the molecule is CC(C)C[C@H](NC(=O)[C@H](COC(F)F)NC(=O)OC(C)(C)C)C(=O)N[C@@H](COC(F)F)C(=O)O. The molecule has 0 bridgehead atoms. The lowest BCUT2D eigenvalue weighted by molar-refractivity contribution is -0.156. The lowest BCUT2D eigenvalue weighted by Crippen LogP contribution is -2.58. The number of alkyl carbamates (subject to hydrolysis) is 1. The maximum Gasteiger partial charge on any atom is 0.408 e. The Hall–Kier alpha value is -2.68. The molecule has 0 aromatic heterocycles. The lowest BCUT2D eigenvalue weighted by atomic mass is 10.0. The van der Waals surface area contributed by atoms with Gasteiger partial charge in [0.2, 0.25) is 11.8 Å². The fourth-order valence-electron chi connectivity index (χ4n) is 2.39.